The summed E-state index contributed by atoms with van der Waals surface area (Å²) in [4.78, 5) is 10.9. The Labute approximate surface area is 143 Å². The van der Waals surface area contributed by atoms with Crippen LogP contribution in [0.15, 0.2) is 33.6 Å². The summed E-state index contributed by atoms with van der Waals surface area (Å²) in [7, 11) is -4.65. The van der Waals surface area contributed by atoms with Gasteiger partial charge in [0.25, 0.3) is 15.9 Å². The number of sulfonamides is 1. The van der Waals surface area contributed by atoms with Gasteiger partial charge in [0.1, 0.15) is 16.5 Å². The van der Waals surface area contributed by atoms with Gasteiger partial charge in [0.05, 0.1) is 11.9 Å². The molecule has 0 fully saturated rings. The van der Waals surface area contributed by atoms with E-state index in [-0.39, 0.29) is 6.07 Å². The molecule has 0 bridgehead atoms. The number of carbonyl (C=O) groups excluding carboxylic acids is 1. The van der Waals surface area contributed by atoms with Crippen LogP contribution in [0.2, 0.25) is 0 Å². The molecule has 26 heavy (non-hydrogen) atoms. The lowest BCUT2D eigenvalue weighted by Gasteiger charge is -2.09. The van der Waals surface area contributed by atoms with Gasteiger partial charge in [0.2, 0.25) is 0 Å². The fourth-order valence-electron chi connectivity index (χ4n) is 1.86. The molecule has 0 saturated carbocycles. The lowest BCUT2D eigenvalue weighted by atomic mass is 10.2. The van der Waals surface area contributed by atoms with Gasteiger partial charge in [-0.1, -0.05) is 0 Å². The number of nitrogens with one attached hydrogen (secondary N) is 1. The largest absolute Gasteiger partial charge is 0.389 e. The maximum atomic E-state index is 13.8. The minimum Gasteiger partial charge on any atom is -0.389 e. The fourth-order valence-corrected chi connectivity index (χ4v) is 2.71. The molecule has 0 aliphatic heterocycles. The summed E-state index contributed by atoms with van der Waals surface area (Å²) >= 11 is 0. The van der Waals surface area contributed by atoms with Crippen LogP contribution in [0.4, 0.5) is 27.6 Å². The van der Waals surface area contributed by atoms with E-state index in [1.54, 1.807) is 0 Å². The van der Waals surface area contributed by atoms with Crippen molar-refractivity contribution in [3.63, 3.8) is 0 Å². The first kappa shape index (κ1) is 19.3. The van der Waals surface area contributed by atoms with E-state index in [9.17, 15) is 35.2 Å². The predicted molar refractivity (Wildman–Crippen MR) is 80.5 cm³/mol. The maximum Gasteiger partial charge on any atom is 0.286 e. The number of benzene rings is 2. The number of halogens is 5. The van der Waals surface area contributed by atoms with Crippen molar-refractivity contribution < 1.29 is 35.2 Å². The van der Waals surface area contributed by atoms with Gasteiger partial charge in [-0.25, -0.2) is 22.0 Å². The molecule has 2 aromatic rings. The molecular formula is C14H8F5N3O3S. The van der Waals surface area contributed by atoms with Crippen molar-refractivity contribution >= 4 is 28.0 Å². The van der Waals surface area contributed by atoms with Crippen LogP contribution in [0.5, 0.6) is 0 Å². The Bertz CT molecular complexity index is 1000. The van der Waals surface area contributed by atoms with E-state index in [1.807, 2.05) is 5.32 Å². The number of amides is 1. The summed E-state index contributed by atoms with van der Waals surface area (Å²) in [6.45, 7) is 0. The molecule has 1 amide bonds. The van der Waals surface area contributed by atoms with Gasteiger partial charge >= 0.3 is 0 Å². The third-order valence-electron chi connectivity index (χ3n) is 2.99. The van der Waals surface area contributed by atoms with Gasteiger partial charge in [-0.15, -0.1) is 0 Å². The molecule has 2 rings (SSSR count). The Balaban J connectivity index is 2.47. The number of nitrogens with zero attached hydrogens (tertiary/aromatic N) is 1. The Kier molecular flexibility index (Phi) is 5.25. The van der Waals surface area contributed by atoms with Crippen molar-refractivity contribution in [1.29, 1.82) is 0 Å². The Morgan fingerprint density at radius 3 is 2.08 bits per heavy atom. The smallest absolute Gasteiger partial charge is 0.286 e. The molecule has 0 aliphatic carbocycles. The summed E-state index contributed by atoms with van der Waals surface area (Å²) in [6, 6.07) is 1.26. The lowest BCUT2D eigenvalue weighted by molar-refractivity contribution is 0.102. The fraction of sp³-hybridized carbons (Fsp3) is 0. The van der Waals surface area contributed by atoms with Crippen LogP contribution in [-0.2, 0) is 10.0 Å². The van der Waals surface area contributed by atoms with E-state index in [0.29, 0.717) is 24.5 Å². The van der Waals surface area contributed by atoms with Gasteiger partial charge in [0.15, 0.2) is 17.5 Å². The minimum absolute atomic E-state index is 0.111. The second-order valence-electron chi connectivity index (χ2n) is 4.70. The van der Waals surface area contributed by atoms with Gasteiger partial charge < -0.3 is 11.1 Å². The summed E-state index contributed by atoms with van der Waals surface area (Å²) in [5.74, 6) is -9.41. The highest BCUT2D eigenvalue weighted by Gasteiger charge is 2.24. The average Bonchev–Trinajstić information content (AvgIpc) is 2.52. The van der Waals surface area contributed by atoms with E-state index in [4.69, 9.17) is 5.73 Å². The third-order valence-corrected chi connectivity index (χ3v) is 4.25. The zero-order chi connectivity index (χ0) is 19.6. The summed E-state index contributed by atoms with van der Waals surface area (Å²) in [5, 5.41) is 1.83. The zero-order valence-electron chi connectivity index (χ0n) is 12.4. The molecule has 0 heterocycles. The molecule has 0 aliphatic rings. The highest BCUT2D eigenvalue weighted by Crippen LogP contribution is 2.23. The molecule has 0 saturated heterocycles. The molecule has 0 radical (unpaired) electrons. The van der Waals surface area contributed by atoms with Crippen LogP contribution < -0.4 is 11.1 Å². The summed E-state index contributed by atoms with van der Waals surface area (Å²) < 4.78 is 92.9. The van der Waals surface area contributed by atoms with Gasteiger partial charge in [-0.05, 0) is 6.07 Å². The summed E-state index contributed by atoms with van der Waals surface area (Å²) in [5.41, 5.74) is 3.27. The van der Waals surface area contributed by atoms with E-state index in [1.165, 1.54) is 0 Å². The van der Waals surface area contributed by atoms with Crippen LogP contribution in [0.3, 0.4) is 0 Å². The highest BCUT2D eigenvalue weighted by molar-refractivity contribution is 7.90. The van der Waals surface area contributed by atoms with Crippen molar-refractivity contribution in [2.24, 2.45) is 10.1 Å². The Hall–Kier alpha value is -3.02. The first-order chi connectivity index (χ1) is 12.1. The highest BCUT2D eigenvalue weighted by atomic mass is 32.2. The van der Waals surface area contributed by atoms with Crippen LogP contribution in [-0.4, -0.2) is 20.7 Å². The number of rotatable bonds is 4. The number of hydrogen-bond donors (Lipinski definition) is 2. The SMILES string of the molecule is N/C=N/S(=O)(=O)c1cc(C(=O)Nc2cc(F)c(F)c(F)c2)c(F)cc1F. The van der Waals surface area contributed by atoms with E-state index < -0.39 is 61.2 Å². The van der Waals surface area contributed by atoms with Crippen LogP contribution in [0.1, 0.15) is 10.4 Å². The molecule has 12 heteroatoms. The molecule has 2 aromatic carbocycles. The second-order valence-corrected chi connectivity index (χ2v) is 6.30. The zero-order valence-corrected chi connectivity index (χ0v) is 13.3. The van der Waals surface area contributed by atoms with Crippen molar-refractivity contribution in [2.75, 3.05) is 5.32 Å². The van der Waals surface area contributed by atoms with Gasteiger partial charge in [-0.2, -0.15) is 12.8 Å². The quantitative estimate of drug-likeness (QED) is 0.360. The molecule has 0 aromatic heterocycles. The van der Waals surface area contributed by atoms with Crippen molar-refractivity contribution in [3.8, 4) is 0 Å². The second kappa shape index (κ2) is 7.07. The first-order valence-corrected chi connectivity index (χ1v) is 7.96. The van der Waals surface area contributed by atoms with Gasteiger partial charge in [-0.3, -0.25) is 4.79 Å². The van der Waals surface area contributed by atoms with Crippen molar-refractivity contribution in [1.82, 2.24) is 0 Å². The Morgan fingerprint density at radius 2 is 1.54 bits per heavy atom. The molecule has 6 nitrogen and oxygen atoms in total. The topological polar surface area (TPSA) is 102 Å². The molecule has 3 N–H and O–H groups in total. The van der Waals surface area contributed by atoms with Crippen molar-refractivity contribution in [3.05, 3.63) is 58.9 Å². The monoisotopic (exact) mass is 393 g/mol. The van der Waals surface area contributed by atoms with E-state index >= 15 is 0 Å². The van der Waals surface area contributed by atoms with Crippen LogP contribution in [0, 0.1) is 29.1 Å². The first-order valence-electron chi connectivity index (χ1n) is 6.52. The normalized spacial score (nSPS) is 11.7. The molecule has 0 spiro atoms. The molecule has 0 atom stereocenters. The Morgan fingerprint density at radius 1 is 0.962 bits per heavy atom. The van der Waals surface area contributed by atoms with Gasteiger partial charge in [0, 0.05) is 23.9 Å². The van der Waals surface area contributed by atoms with E-state index in [0.717, 1.165) is 0 Å². The molecule has 138 valence electrons. The number of carbonyl (C=O) groups is 1. The molecule has 0 unspecified atom stereocenters. The molecular weight excluding hydrogens is 385 g/mol. The maximum absolute atomic E-state index is 13.8. The average molecular weight is 393 g/mol. The standard InChI is InChI=1S/C14H8F5N3O3S/c15-8-4-9(16)12(26(24,25)21-5-20)3-7(8)14(23)22-6-1-10(17)13(19)11(18)2-6/h1-5H,(H2,20,21)(H,22,23). The van der Waals surface area contributed by atoms with Crippen LogP contribution >= 0.6 is 0 Å². The minimum atomic E-state index is -4.65. The van der Waals surface area contributed by atoms with Crippen LogP contribution in [0.25, 0.3) is 0 Å². The summed E-state index contributed by atoms with van der Waals surface area (Å²) in [6.07, 6.45) is 0.349. The number of hydrogen-bond acceptors (Lipinski definition) is 3. The van der Waals surface area contributed by atoms with E-state index in [2.05, 4.69) is 4.40 Å². The lowest BCUT2D eigenvalue weighted by Crippen LogP contribution is -2.16. The number of nitrogens with two attached hydrogens (primary N) is 1. The predicted octanol–water partition coefficient (Wildman–Crippen LogP) is 2.31. The third kappa shape index (κ3) is 3.79. The van der Waals surface area contributed by atoms with Crippen molar-refractivity contribution in [2.45, 2.75) is 4.90 Å². The number of anilines is 1.